The number of amides is 1. The molecule has 0 aliphatic heterocycles. The summed E-state index contributed by atoms with van der Waals surface area (Å²) >= 11 is 0. The zero-order valence-corrected chi connectivity index (χ0v) is 10.3. The first kappa shape index (κ1) is 12.1. The highest BCUT2D eigenvalue weighted by Crippen LogP contribution is 2.14. The molecule has 0 bridgehead atoms. The van der Waals surface area contributed by atoms with Gasteiger partial charge in [-0.25, -0.2) is 4.98 Å². The van der Waals surface area contributed by atoms with E-state index in [0.717, 1.165) is 5.56 Å². The quantitative estimate of drug-likeness (QED) is 0.707. The van der Waals surface area contributed by atoms with E-state index in [1.165, 1.54) is 6.33 Å². The van der Waals surface area contributed by atoms with Crippen LogP contribution in [0.3, 0.4) is 0 Å². The van der Waals surface area contributed by atoms with Crippen molar-refractivity contribution < 1.29 is 4.79 Å². The second-order valence-electron chi connectivity index (χ2n) is 4.14. The number of nitrogens with zero attached hydrogens (tertiary/aromatic N) is 2. The zero-order valence-electron chi connectivity index (χ0n) is 10.3. The van der Waals surface area contributed by atoms with Crippen LogP contribution in [0.5, 0.6) is 0 Å². The molecule has 0 spiro atoms. The van der Waals surface area contributed by atoms with Crippen molar-refractivity contribution in [2.24, 2.45) is 0 Å². The first-order valence-corrected chi connectivity index (χ1v) is 5.60. The molecule has 2 rings (SSSR count). The van der Waals surface area contributed by atoms with Gasteiger partial charge in [0.05, 0.1) is 6.04 Å². The topological polar surface area (TPSA) is 96.7 Å². The van der Waals surface area contributed by atoms with Crippen molar-refractivity contribution in [3.8, 4) is 0 Å². The van der Waals surface area contributed by atoms with Crippen LogP contribution in [0.25, 0.3) is 0 Å². The summed E-state index contributed by atoms with van der Waals surface area (Å²) in [6, 6.07) is 5.00. The average molecular weight is 245 g/mol. The van der Waals surface area contributed by atoms with Gasteiger partial charge in [0.25, 0.3) is 5.91 Å². The lowest BCUT2D eigenvalue weighted by Crippen LogP contribution is -2.27. The Morgan fingerprint density at radius 3 is 2.89 bits per heavy atom. The molecular weight excluding hydrogens is 230 g/mol. The number of hydrogen-bond acceptors (Lipinski definition) is 4. The van der Waals surface area contributed by atoms with E-state index in [-0.39, 0.29) is 11.9 Å². The van der Waals surface area contributed by atoms with E-state index in [1.54, 1.807) is 12.1 Å². The molecular formula is C12H15N5O. The molecule has 1 heterocycles. The van der Waals surface area contributed by atoms with Crippen LogP contribution in [0.15, 0.2) is 24.5 Å². The standard InChI is InChI=1S/C12H15N5O/c1-7-3-4-9(5-10(7)13)12(18)16-8(2)11-14-6-15-17-11/h3-6,8H,13H2,1-2H3,(H,16,18)(H,14,15,17). The molecule has 0 saturated heterocycles. The molecule has 94 valence electrons. The van der Waals surface area contributed by atoms with Crippen molar-refractivity contribution in [3.05, 3.63) is 41.5 Å². The summed E-state index contributed by atoms with van der Waals surface area (Å²) in [4.78, 5) is 16.0. The van der Waals surface area contributed by atoms with Gasteiger partial charge in [-0.1, -0.05) is 6.07 Å². The van der Waals surface area contributed by atoms with E-state index < -0.39 is 0 Å². The maximum absolute atomic E-state index is 12.0. The SMILES string of the molecule is Cc1ccc(C(=O)NC(C)c2ncn[nH]2)cc1N. The Labute approximate surface area is 105 Å². The third kappa shape index (κ3) is 2.48. The number of rotatable bonds is 3. The Hall–Kier alpha value is -2.37. The number of benzene rings is 1. The molecule has 0 aliphatic rings. The van der Waals surface area contributed by atoms with E-state index in [9.17, 15) is 4.79 Å². The molecule has 1 aromatic heterocycles. The number of nitrogen functional groups attached to an aromatic ring is 1. The van der Waals surface area contributed by atoms with E-state index >= 15 is 0 Å². The molecule has 0 aliphatic carbocycles. The third-order valence-corrected chi connectivity index (χ3v) is 2.73. The Balaban J connectivity index is 2.10. The monoisotopic (exact) mass is 245 g/mol. The van der Waals surface area contributed by atoms with Crippen molar-refractivity contribution >= 4 is 11.6 Å². The number of nitrogens with two attached hydrogens (primary N) is 1. The van der Waals surface area contributed by atoms with E-state index in [4.69, 9.17) is 5.73 Å². The zero-order chi connectivity index (χ0) is 13.1. The third-order valence-electron chi connectivity index (χ3n) is 2.73. The second-order valence-corrected chi connectivity index (χ2v) is 4.14. The van der Waals surface area contributed by atoms with Gasteiger partial charge < -0.3 is 11.1 Å². The number of hydrogen-bond donors (Lipinski definition) is 3. The van der Waals surface area contributed by atoms with Crippen molar-refractivity contribution in [3.63, 3.8) is 0 Å². The minimum Gasteiger partial charge on any atom is -0.398 e. The van der Waals surface area contributed by atoms with Gasteiger partial charge in [0, 0.05) is 11.3 Å². The first-order chi connectivity index (χ1) is 8.58. The fourth-order valence-corrected chi connectivity index (χ4v) is 1.55. The van der Waals surface area contributed by atoms with Gasteiger partial charge in [-0.15, -0.1) is 0 Å². The summed E-state index contributed by atoms with van der Waals surface area (Å²) in [5.74, 6) is 0.425. The van der Waals surface area contributed by atoms with Crippen molar-refractivity contribution in [2.75, 3.05) is 5.73 Å². The lowest BCUT2D eigenvalue weighted by Gasteiger charge is -2.11. The van der Waals surface area contributed by atoms with Crippen LogP contribution in [-0.2, 0) is 0 Å². The van der Waals surface area contributed by atoms with Gasteiger partial charge in [-0.05, 0) is 31.5 Å². The van der Waals surface area contributed by atoms with Gasteiger partial charge >= 0.3 is 0 Å². The van der Waals surface area contributed by atoms with Gasteiger partial charge in [-0.3, -0.25) is 9.89 Å². The Morgan fingerprint density at radius 2 is 2.28 bits per heavy atom. The molecule has 1 aromatic carbocycles. The lowest BCUT2D eigenvalue weighted by molar-refractivity contribution is 0.0938. The molecule has 0 fully saturated rings. The van der Waals surface area contributed by atoms with E-state index in [2.05, 4.69) is 20.5 Å². The largest absolute Gasteiger partial charge is 0.398 e. The summed E-state index contributed by atoms with van der Waals surface area (Å²) in [6.07, 6.45) is 1.40. The molecule has 1 amide bonds. The maximum atomic E-state index is 12.0. The average Bonchev–Trinajstić information content (AvgIpc) is 2.86. The fourth-order valence-electron chi connectivity index (χ4n) is 1.55. The van der Waals surface area contributed by atoms with Crippen molar-refractivity contribution in [1.82, 2.24) is 20.5 Å². The summed E-state index contributed by atoms with van der Waals surface area (Å²) in [5.41, 5.74) is 7.87. The van der Waals surface area contributed by atoms with Crippen LogP contribution in [0.2, 0.25) is 0 Å². The van der Waals surface area contributed by atoms with Crippen LogP contribution in [-0.4, -0.2) is 21.1 Å². The smallest absolute Gasteiger partial charge is 0.251 e. The summed E-state index contributed by atoms with van der Waals surface area (Å²) in [6.45, 7) is 3.73. The highest BCUT2D eigenvalue weighted by atomic mass is 16.1. The van der Waals surface area contributed by atoms with E-state index in [1.807, 2.05) is 19.9 Å². The summed E-state index contributed by atoms with van der Waals surface area (Å²) in [5, 5.41) is 9.27. The molecule has 1 unspecified atom stereocenters. The summed E-state index contributed by atoms with van der Waals surface area (Å²) in [7, 11) is 0. The fraction of sp³-hybridized carbons (Fsp3) is 0.250. The van der Waals surface area contributed by atoms with Gasteiger partial charge in [-0.2, -0.15) is 5.10 Å². The first-order valence-electron chi connectivity index (χ1n) is 5.60. The maximum Gasteiger partial charge on any atom is 0.251 e. The van der Waals surface area contributed by atoms with Crippen LogP contribution in [0, 0.1) is 6.92 Å². The highest BCUT2D eigenvalue weighted by molar-refractivity contribution is 5.95. The van der Waals surface area contributed by atoms with Gasteiger partial charge in [0.2, 0.25) is 0 Å². The highest BCUT2D eigenvalue weighted by Gasteiger charge is 2.13. The van der Waals surface area contributed by atoms with Crippen LogP contribution >= 0.6 is 0 Å². The number of carbonyl (C=O) groups is 1. The van der Waals surface area contributed by atoms with Gasteiger partial charge in [0.15, 0.2) is 0 Å². The Morgan fingerprint density at radius 1 is 1.50 bits per heavy atom. The van der Waals surface area contributed by atoms with Crippen LogP contribution in [0.1, 0.15) is 34.7 Å². The van der Waals surface area contributed by atoms with Crippen molar-refractivity contribution in [1.29, 1.82) is 0 Å². The van der Waals surface area contributed by atoms with E-state index in [0.29, 0.717) is 17.1 Å². The molecule has 6 heteroatoms. The Bertz CT molecular complexity index is 550. The number of aryl methyl sites for hydroxylation is 1. The molecule has 0 radical (unpaired) electrons. The number of aromatic amines is 1. The van der Waals surface area contributed by atoms with Gasteiger partial charge in [0.1, 0.15) is 12.2 Å². The molecule has 0 saturated carbocycles. The van der Waals surface area contributed by atoms with Crippen LogP contribution < -0.4 is 11.1 Å². The minimum absolute atomic E-state index is 0.189. The molecule has 18 heavy (non-hydrogen) atoms. The molecule has 1 atom stereocenters. The summed E-state index contributed by atoms with van der Waals surface area (Å²) < 4.78 is 0. The van der Waals surface area contributed by atoms with Crippen molar-refractivity contribution in [2.45, 2.75) is 19.9 Å². The number of carbonyl (C=O) groups excluding carboxylic acids is 1. The Kier molecular flexibility index (Phi) is 3.27. The number of aromatic nitrogens is 3. The second kappa shape index (κ2) is 4.87. The number of H-pyrrole nitrogens is 1. The normalized spacial score (nSPS) is 12.1. The molecule has 4 N–H and O–H groups in total. The predicted octanol–water partition coefficient (Wildman–Crippen LogP) is 1.19. The molecule has 6 nitrogen and oxygen atoms in total. The minimum atomic E-state index is -0.234. The van der Waals surface area contributed by atoms with Crippen LogP contribution in [0.4, 0.5) is 5.69 Å². The lowest BCUT2D eigenvalue weighted by atomic mass is 10.1. The predicted molar refractivity (Wildman–Crippen MR) is 67.9 cm³/mol. The number of nitrogens with one attached hydrogen (secondary N) is 2. The molecule has 2 aromatic rings. The number of anilines is 1.